The Bertz CT molecular complexity index is 1070. The predicted octanol–water partition coefficient (Wildman–Crippen LogP) is 2.80. The summed E-state index contributed by atoms with van der Waals surface area (Å²) in [6.45, 7) is -0.100. The molecule has 27 heavy (non-hydrogen) atoms. The van der Waals surface area contributed by atoms with E-state index in [1.807, 2.05) is 18.2 Å². The molecule has 6 nitrogen and oxygen atoms in total. The number of aliphatic hydroxyl groups is 1. The molecule has 1 heterocycles. The first-order valence-corrected chi connectivity index (χ1v) is 9.94. The van der Waals surface area contributed by atoms with Crippen LogP contribution in [0.2, 0.25) is 0 Å². The summed E-state index contributed by atoms with van der Waals surface area (Å²) in [5, 5.41) is 11.9. The summed E-state index contributed by atoms with van der Waals surface area (Å²) >= 11 is 0. The molecule has 1 atom stereocenters. The van der Waals surface area contributed by atoms with Crippen LogP contribution in [0.4, 0.5) is 5.69 Å². The number of hydrogen-bond acceptors (Lipinski definition) is 5. The van der Waals surface area contributed by atoms with Crippen molar-refractivity contribution in [1.82, 2.24) is 0 Å². The van der Waals surface area contributed by atoms with Gasteiger partial charge in [0.1, 0.15) is 24.2 Å². The van der Waals surface area contributed by atoms with Crippen LogP contribution in [0.3, 0.4) is 0 Å². The van der Waals surface area contributed by atoms with Gasteiger partial charge in [-0.3, -0.25) is 4.31 Å². The molecule has 3 aromatic rings. The third-order valence-electron chi connectivity index (χ3n) is 4.56. The van der Waals surface area contributed by atoms with Crippen LogP contribution < -0.4 is 13.8 Å². The highest BCUT2D eigenvalue weighted by Gasteiger charge is 2.36. The van der Waals surface area contributed by atoms with Crippen LogP contribution in [0.1, 0.15) is 0 Å². The molecule has 0 aliphatic carbocycles. The monoisotopic (exact) mass is 385 g/mol. The maximum absolute atomic E-state index is 12.9. The second-order valence-corrected chi connectivity index (χ2v) is 8.14. The van der Waals surface area contributed by atoms with E-state index in [1.165, 1.54) is 4.31 Å². The van der Waals surface area contributed by atoms with Gasteiger partial charge in [-0.25, -0.2) is 8.42 Å². The molecule has 0 spiro atoms. The Labute approximate surface area is 157 Å². The number of anilines is 1. The van der Waals surface area contributed by atoms with E-state index in [-0.39, 0.29) is 18.0 Å². The molecule has 0 saturated carbocycles. The van der Waals surface area contributed by atoms with Crippen LogP contribution >= 0.6 is 0 Å². The van der Waals surface area contributed by atoms with Crippen molar-refractivity contribution in [2.24, 2.45) is 0 Å². The van der Waals surface area contributed by atoms with Crippen molar-refractivity contribution >= 4 is 26.5 Å². The van der Waals surface area contributed by atoms with Gasteiger partial charge in [0.15, 0.2) is 0 Å². The van der Waals surface area contributed by atoms with Gasteiger partial charge in [0.05, 0.1) is 24.2 Å². The van der Waals surface area contributed by atoms with E-state index < -0.39 is 16.1 Å². The van der Waals surface area contributed by atoms with E-state index >= 15 is 0 Å². The van der Waals surface area contributed by atoms with Gasteiger partial charge in [0.2, 0.25) is 0 Å². The lowest BCUT2D eigenvalue weighted by atomic mass is 10.1. The van der Waals surface area contributed by atoms with Crippen LogP contribution in [-0.4, -0.2) is 39.9 Å². The highest BCUT2D eigenvalue weighted by atomic mass is 32.2. The Morgan fingerprint density at radius 2 is 1.67 bits per heavy atom. The van der Waals surface area contributed by atoms with Crippen molar-refractivity contribution in [3.05, 3.63) is 60.7 Å². The summed E-state index contributed by atoms with van der Waals surface area (Å²) in [5.41, 5.74) is 0.589. The Hall–Kier alpha value is -2.77. The van der Waals surface area contributed by atoms with E-state index in [4.69, 9.17) is 9.47 Å². The van der Waals surface area contributed by atoms with Crippen LogP contribution in [0.5, 0.6) is 11.5 Å². The minimum absolute atomic E-state index is 0.0231. The van der Waals surface area contributed by atoms with E-state index in [0.29, 0.717) is 22.6 Å². The van der Waals surface area contributed by atoms with Gasteiger partial charge < -0.3 is 14.6 Å². The number of sulfonamides is 1. The quantitative estimate of drug-likeness (QED) is 0.706. The summed E-state index contributed by atoms with van der Waals surface area (Å²) < 4.78 is 37.7. The molecule has 140 valence electrons. The second-order valence-electron chi connectivity index (χ2n) is 6.31. The molecule has 0 aromatic heterocycles. The summed E-state index contributed by atoms with van der Waals surface area (Å²) in [6.07, 6.45) is -0.980. The topological polar surface area (TPSA) is 76.1 Å². The molecule has 1 aliphatic rings. The Balaban J connectivity index is 1.51. The Morgan fingerprint density at radius 1 is 1.00 bits per heavy atom. The minimum Gasteiger partial charge on any atom is -0.497 e. The van der Waals surface area contributed by atoms with Gasteiger partial charge in [-0.05, 0) is 41.8 Å². The molecule has 1 unspecified atom stereocenters. The number of benzene rings is 3. The largest absolute Gasteiger partial charge is 0.497 e. The number of ether oxygens (including phenoxy) is 2. The van der Waals surface area contributed by atoms with Gasteiger partial charge in [0, 0.05) is 5.39 Å². The average Bonchev–Trinajstić information content (AvgIpc) is 2.90. The Kier molecular flexibility index (Phi) is 4.41. The SMILES string of the molecule is COc1ccc(OCC(O)CN2c3cccc4cccc(c34)S2(=O)=O)cc1. The number of nitrogens with zero attached hydrogens (tertiary/aromatic N) is 1. The van der Waals surface area contributed by atoms with Gasteiger partial charge >= 0.3 is 0 Å². The standard InChI is InChI=1S/C20H19NO5S/c1-25-16-8-10-17(11-9-16)26-13-15(22)12-21-18-6-2-4-14-5-3-7-19(20(14)18)27(21,23)24/h2-11,15,22H,12-13H2,1H3. The molecule has 7 heteroatoms. The van der Waals surface area contributed by atoms with Crippen LogP contribution in [-0.2, 0) is 10.0 Å². The first-order valence-electron chi connectivity index (χ1n) is 8.50. The molecular formula is C20H19NO5S. The maximum atomic E-state index is 12.9. The van der Waals surface area contributed by atoms with Gasteiger partial charge in [0.25, 0.3) is 10.0 Å². The zero-order valence-corrected chi connectivity index (χ0v) is 15.5. The number of methoxy groups -OCH3 is 1. The third-order valence-corrected chi connectivity index (χ3v) is 6.38. The summed E-state index contributed by atoms with van der Waals surface area (Å²) in [4.78, 5) is 0.277. The Morgan fingerprint density at radius 3 is 2.37 bits per heavy atom. The zero-order valence-electron chi connectivity index (χ0n) is 14.7. The summed E-state index contributed by atoms with van der Waals surface area (Å²) in [7, 11) is -2.11. The molecule has 0 bridgehead atoms. The smallest absolute Gasteiger partial charge is 0.265 e. The lowest BCUT2D eigenvalue weighted by Gasteiger charge is -2.22. The highest BCUT2D eigenvalue weighted by molar-refractivity contribution is 7.93. The van der Waals surface area contributed by atoms with E-state index in [2.05, 4.69) is 0 Å². The van der Waals surface area contributed by atoms with Crippen LogP contribution in [0.15, 0.2) is 65.6 Å². The fourth-order valence-corrected chi connectivity index (χ4v) is 5.01. The predicted molar refractivity (Wildman–Crippen MR) is 103 cm³/mol. The molecule has 3 aromatic carbocycles. The normalized spacial score (nSPS) is 15.7. The van der Waals surface area contributed by atoms with Crippen molar-refractivity contribution in [3.63, 3.8) is 0 Å². The first kappa shape index (κ1) is 17.6. The lowest BCUT2D eigenvalue weighted by molar-refractivity contribution is 0.115. The van der Waals surface area contributed by atoms with Crippen molar-refractivity contribution < 1.29 is 23.0 Å². The van der Waals surface area contributed by atoms with E-state index in [9.17, 15) is 13.5 Å². The fraction of sp³-hybridized carbons (Fsp3) is 0.200. The maximum Gasteiger partial charge on any atom is 0.265 e. The van der Waals surface area contributed by atoms with Crippen molar-refractivity contribution in [1.29, 1.82) is 0 Å². The second kappa shape index (κ2) is 6.75. The number of hydrogen-bond donors (Lipinski definition) is 1. The molecule has 4 rings (SSSR count). The van der Waals surface area contributed by atoms with Gasteiger partial charge in [-0.15, -0.1) is 0 Å². The van der Waals surface area contributed by atoms with Crippen LogP contribution in [0, 0.1) is 0 Å². The van der Waals surface area contributed by atoms with Gasteiger partial charge in [-0.2, -0.15) is 0 Å². The number of aliphatic hydroxyl groups excluding tert-OH is 1. The zero-order chi connectivity index (χ0) is 19.0. The van der Waals surface area contributed by atoms with Crippen LogP contribution in [0.25, 0.3) is 10.8 Å². The van der Waals surface area contributed by atoms with Crippen molar-refractivity contribution in [2.45, 2.75) is 11.0 Å². The number of rotatable bonds is 6. The molecule has 0 amide bonds. The van der Waals surface area contributed by atoms with Crippen molar-refractivity contribution in [2.75, 3.05) is 24.6 Å². The fourth-order valence-electron chi connectivity index (χ4n) is 3.26. The highest BCUT2D eigenvalue weighted by Crippen LogP contribution is 2.41. The van der Waals surface area contributed by atoms with E-state index in [1.54, 1.807) is 49.6 Å². The first-order chi connectivity index (χ1) is 13.0. The molecule has 1 aliphatic heterocycles. The molecule has 0 fully saturated rings. The molecular weight excluding hydrogens is 366 g/mol. The molecule has 0 saturated heterocycles. The molecule has 0 radical (unpaired) electrons. The minimum atomic E-state index is -3.68. The van der Waals surface area contributed by atoms with Gasteiger partial charge in [-0.1, -0.05) is 24.3 Å². The third kappa shape index (κ3) is 3.09. The summed E-state index contributed by atoms with van der Waals surface area (Å²) in [5.74, 6) is 1.28. The van der Waals surface area contributed by atoms with Crippen molar-refractivity contribution in [3.8, 4) is 11.5 Å². The summed E-state index contributed by atoms with van der Waals surface area (Å²) in [6, 6.07) is 17.6. The molecule has 1 N–H and O–H groups in total. The van der Waals surface area contributed by atoms with E-state index in [0.717, 1.165) is 5.39 Å². The lowest BCUT2D eigenvalue weighted by Crippen LogP contribution is -2.37. The number of β-amino-alcohol motifs (C(OH)–C–C–N with tert-alkyl or cyclic N) is 1. The average molecular weight is 385 g/mol.